The quantitative estimate of drug-likeness (QED) is 0.0304. The minimum atomic E-state index is -4.39. The first-order chi connectivity index (χ1) is 66.0. The summed E-state index contributed by atoms with van der Waals surface area (Å²) >= 11 is 0. The van der Waals surface area contributed by atoms with E-state index < -0.39 is 111 Å². The molecule has 0 saturated heterocycles. The summed E-state index contributed by atoms with van der Waals surface area (Å²) < 4.78 is 249. The maximum atomic E-state index is 13.7. The lowest BCUT2D eigenvalue weighted by molar-refractivity contribution is -0.0501. The van der Waals surface area contributed by atoms with Crippen LogP contribution in [0.4, 0.5) is 62.3 Å². The zero-order valence-corrected chi connectivity index (χ0v) is 77.1. The summed E-state index contributed by atoms with van der Waals surface area (Å²) in [5, 5.41) is 43.4. The van der Waals surface area contributed by atoms with E-state index in [1.165, 1.54) is 168 Å². The van der Waals surface area contributed by atoms with Crippen LogP contribution in [0.15, 0.2) is 216 Å². The van der Waals surface area contributed by atoms with Gasteiger partial charge in [-0.3, -0.25) is 37.9 Å². The number of sulfone groups is 4. The van der Waals surface area contributed by atoms with Crippen LogP contribution in [0.1, 0.15) is 81.0 Å². The van der Waals surface area contributed by atoms with Gasteiger partial charge >= 0.3 is 26.4 Å². The number of nitrogens with one attached hydrogen (secondary N) is 4. The van der Waals surface area contributed by atoms with Crippen LogP contribution in [0, 0.1) is 0 Å². The molecule has 1 aliphatic carbocycles. The van der Waals surface area contributed by atoms with Gasteiger partial charge in [-0.1, -0.05) is 19.8 Å². The Balaban J connectivity index is 0.000000148. The van der Waals surface area contributed by atoms with Gasteiger partial charge in [-0.2, -0.15) is 75.9 Å². The standard InChI is InChI=1S/C23H22F2N6O4S.C22H23F2N7O4S.C20H17F3N6O4S.C20H18F2N6O4S/c1-30-13-18(28-22(32)17-12-27-31-10-4-9-26-21(17)31)20(29-30)16-11-15(7-8-19(16)35-23(24)25)36(33,34)14-5-2-3-6-14;1-29(2)9-10-36(33,34)14-5-6-18(35-22(23)24)15(11-14)19-17(13-30(3)28-19)27-21(32)16-12-26-31-8-4-7-25-20(16)31;1-11(21)34(31,32)12-4-5-16(33-20(22)23)13(8-12)17-15(10-28(2)27-17)26-19(30)14-9-25-29-7-3-6-24-18(14)29;1-3-33(30,31)12-5-6-16(32-20(21)22)13(9-12)17-15(11-27(2)26-17)25-19(29)14-10-24-28-8-4-7-23-18(14)28/h4,7-14,23H,2-3,5-6H2,1H3,(H,28,32);4-8,11-13,22H,9-10H2,1-3H3,(H,27,32);3-11,20H,1-2H3,(H,26,30);4-11,20H,3H2,1-2H3,(H,25,29). The fraction of sp³-hybridized carbons (Fsp3) is 0.247. The predicted molar refractivity (Wildman–Crippen MR) is 480 cm³/mol. The van der Waals surface area contributed by atoms with Gasteiger partial charge < -0.3 is 45.1 Å². The second-order valence-electron chi connectivity index (χ2n) is 30.6. The molecule has 0 spiro atoms. The summed E-state index contributed by atoms with van der Waals surface area (Å²) in [7, 11) is -5.76. The Hall–Kier alpha value is -15.6. The van der Waals surface area contributed by atoms with Crippen LogP contribution in [0.5, 0.6) is 23.0 Å². The van der Waals surface area contributed by atoms with E-state index in [0.717, 1.165) is 50.1 Å². The van der Waals surface area contributed by atoms with E-state index in [2.05, 4.69) is 101 Å². The SMILES string of the molecule is CC(F)S(=O)(=O)c1ccc(OC(F)F)c(-c2nn(C)cc2NC(=O)c2cnn3cccnc23)c1.CCS(=O)(=O)c1ccc(OC(F)F)c(-c2nn(C)cc2NC(=O)c2cnn3cccnc23)c1.CN(C)CCS(=O)(=O)c1ccc(OC(F)F)c(-c2nn(C)cc2NC(=O)c2cnn3cccnc23)c1.Cn1cc(NC(=O)c2cnn3cccnc23)c(-c2cc(S(=O)(=O)C3CCCC3)ccc2OC(F)F)n1. The van der Waals surface area contributed by atoms with E-state index in [4.69, 9.17) is 0 Å². The van der Waals surface area contributed by atoms with Crippen molar-refractivity contribution >= 4 is 108 Å². The number of fused-ring (bicyclic) bond motifs is 4. The molecule has 54 heteroatoms. The van der Waals surface area contributed by atoms with Crippen LogP contribution in [0.2, 0.25) is 0 Å². The average molecular weight is 2010 g/mol. The summed E-state index contributed by atoms with van der Waals surface area (Å²) in [6, 6.07) is 20.4. The van der Waals surface area contributed by atoms with Crippen molar-refractivity contribution in [1.29, 1.82) is 0 Å². The first kappa shape index (κ1) is 99.4. The van der Waals surface area contributed by atoms with Crippen LogP contribution >= 0.6 is 0 Å². The van der Waals surface area contributed by atoms with E-state index in [-0.39, 0.29) is 146 Å². The number of halogens is 9. The van der Waals surface area contributed by atoms with E-state index in [9.17, 15) is 92.4 Å². The van der Waals surface area contributed by atoms with Gasteiger partial charge in [-0.25, -0.2) is 76.1 Å². The Morgan fingerprint density at radius 3 is 0.964 bits per heavy atom. The summed E-state index contributed by atoms with van der Waals surface area (Å²) in [6.07, 6.45) is 26.4. The van der Waals surface area contributed by atoms with Crippen LogP contribution in [0.25, 0.3) is 67.6 Å². The minimum Gasteiger partial charge on any atom is -0.434 e. The molecule has 1 saturated carbocycles. The highest BCUT2D eigenvalue weighted by Gasteiger charge is 2.35. The third kappa shape index (κ3) is 22.6. The number of hydrogen-bond acceptors (Lipinski definition) is 29. The molecular weight excluding hydrogens is 1930 g/mol. The van der Waals surface area contributed by atoms with Crippen molar-refractivity contribution in [2.24, 2.45) is 28.2 Å². The summed E-state index contributed by atoms with van der Waals surface area (Å²) in [5.41, 5.74) is 0.114. The number of amides is 4. The van der Waals surface area contributed by atoms with Crippen molar-refractivity contribution in [3.63, 3.8) is 0 Å². The molecule has 0 aliphatic heterocycles. The van der Waals surface area contributed by atoms with Gasteiger partial charge in [0.05, 0.1) is 83.9 Å². The number of aryl methyl sites for hydroxylation is 4. The van der Waals surface area contributed by atoms with Gasteiger partial charge in [-0.15, -0.1) is 0 Å². The first-order valence-corrected chi connectivity index (χ1v) is 47.6. The van der Waals surface area contributed by atoms with Crippen molar-refractivity contribution in [1.82, 2.24) is 102 Å². The molecule has 4 amide bonds. The van der Waals surface area contributed by atoms with Crippen molar-refractivity contribution in [2.75, 3.05) is 53.4 Å². The molecule has 1 unspecified atom stereocenters. The second-order valence-corrected chi connectivity index (χ2v) is 39.4. The van der Waals surface area contributed by atoms with Crippen molar-refractivity contribution in [2.45, 2.75) is 96.3 Å². The maximum absolute atomic E-state index is 13.7. The summed E-state index contributed by atoms with van der Waals surface area (Å²) in [6.45, 7) is -10.1. The Kier molecular flexibility index (Phi) is 29.7. The smallest absolute Gasteiger partial charge is 0.387 e. The maximum Gasteiger partial charge on any atom is 0.387 e. The number of rotatable bonds is 30. The molecule has 17 rings (SSSR count). The summed E-state index contributed by atoms with van der Waals surface area (Å²) in [4.78, 5) is 69.5. The fourth-order valence-electron chi connectivity index (χ4n) is 14.3. The number of carbonyl (C=O) groups excluding carboxylic acids is 4. The second kappa shape index (κ2) is 41.5. The first-order valence-electron chi connectivity index (χ1n) is 41.2. The van der Waals surface area contributed by atoms with Crippen molar-refractivity contribution in [3.8, 4) is 68.0 Å². The van der Waals surface area contributed by atoms with E-state index in [1.54, 1.807) is 89.2 Å². The molecule has 1 fully saturated rings. The largest absolute Gasteiger partial charge is 0.434 e. The van der Waals surface area contributed by atoms with Crippen LogP contribution in [-0.2, 0) is 67.5 Å². The Bertz CT molecular complexity index is 7800. The molecule has 4 aromatic carbocycles. The Labute approximate surface area is 782 Å². The number of ether oxygens (including phenoxy) is 4. The predicted octanol–water partition coefficient (Wildman–Crippen LogP) is 11.9. The van der Waals surface area contributed by atoms with Gasteiger partial charge in [0.2, 0.25) is 15.3 Å². The third-order valence-corrected chi connectivity index (χ3v) is 28.3. The number of alkyl halides is 9. The summed E-state index contributed by atoms with van der Waals surface area (Å²) in [5.74, 6) is -3.92. The molecule has 0 radical (unpaired) electrons. The van der Waals surface area contributed by atoms with Crippen LogP contribution in [-0.4, -0.2) is 229 Å². The molecule has 1 aliphatic rings. The van der Waals surface area contributed by atoms with E-state index in [1.807, 2.05) is 0 Å². The number of benzene rings is 4. The molecule has 139 heavy (non-hydrogen) atoms. The third-order valence-electron chi connectivity index (χ3n) is 20.8. The number of hydrogen-bond donors (Lipinski definition) is 4. The fourth-order valence-corrected chi connectivity index (χ4v) is 19.4. The molecule has 728 valence electrons. The monoisotopic (exact) mass is 2010 g/mol. The van der Waals surface area contributed by atoms with Gasteiger partial charge in [0.1, 0.15) is 68.0 Å². The molecule has 12 heterocycles. The molecule has 1 atom stereocenters. The number of carbonyl (C=O) groups is 4. The van der Waals surface area contributed by atoms with Gasteiger partial charge in [0, 0.05) is 131 Å². The highest BCUT2D eigenvalue weighted by atomic mass is 32.2. The Morgan fingerprint density at radius 1 is 0.410 bits per heavy atom. The van der Waals surface area contributed by atoms with Crippen molar-refractivity contribution in [3.05, 3.63) is 218 Å². The van der Waals surface area contributed by atoms with Crippen molar-refractivity contribution < 1.29 is 111 Å². The van der Waals surface area contributed by atoms with E-state index in [0.29, 0.717) is 29.8 Å². The lowest BCUT2D eigenvalue weighted by Gasteiger charge is -2.15. The van der Waals surface area contributed by atoms with Gasteiger partial charge in [0.15, 0.2) is 52.1 Å². The number of aromatic nitrogens is 20. The van der Waals surface area contributed by atoms with Gasteiger partial charge in [-0.05, 0) is 131 Å². The molecular formula is C85H80F9N25O16S4. The molecule has 16 aromatic rings. The molecule has 0 bridgehead atoms. The molecule has 41 nitrogen and oxygen atoms in total. The highest BCUT2D eigenvalue weighted by Crippen LogP contribution is 2.44. The topological polar surface area (TPSA) is 485 Å². The number of anilines is 4. The highest BCUT2D eigenvalue weighted by molar-refractivity contribution is 7.92. The number of nitrogens with zero attached hydrogens (tertiary/aromatic N) is 21. The minimum absolute atomic E-state index is 0.0132. The lowest BCUT2D eigenvalue weighted by Crippen LogP contribution is -2.22. The lowest BCUT2D eigenvalue weighted by atomic mass is 10.1. The Morgan fingerprint density at radius 2 is 0.683 bits per heavy atom. The van der Waals surface area contributed by atoms with Gasteiger partial charge in [0.25, 0.3) is 23.6 Å². The molecule has 12 aromatic heterocycles. The molecule has 4 N–H and O–H groups in total. The zero-order valence-electron chi connectivity index (χ0n) is 73.8. The van der Waals surface area contributed by atoms with Crippen LogP contribution in [0.3, 0.4) is 0 Å². The average Bonchev–Trinajstić information content (AvgIpc) is 1.75. The van der Waals surface area contributed by atoms with E-state index >= 15 is 0 Å². The van der Waals surface area contributed by atoms with Crippen LogP contribution < -0.4 is 40.2 Å². The zero-order chi connectivity index (χ0) is 99.9. The normalized spacial score (nSPS) is 12.8.